The molecule has 0 aliphatic carbocycles. The summed E-state index contributed by atoms with van der Waals surface area (Å²) in [7, 11) is 0. The Hall–Kier alpha value is -3.10. The molecule has 2 aliphatic heterocycles. The number of aromatic hydroxyl groups is 1. The number of hydrogen-bond donors (Lipinski definition) is 3. The summed E-state index contributed by atoms with van der Waals surface area (Å²) < 4.78 is 5.06. The fourth-order valence-electron chi connectivity index (χ4n) is 4.60. The minimum Gasteiger partial charge on any atom is -0.507 e. The number of nitrogens with one attached hydrogen (secondary N) is 1. The molecule has 1 fully saturated rings. The summed E-state index contributed by atoms with van der Waals surface area (Å²) >= 11 is 0. The second-order valence-corrected chi connectivity index (χ2v) is 8.50. The highest BCUT2D eigenvalue weighted by atomic mass is 16.4. The molecule has 0 unspecified atom stereocenters. The van der Waals surface area contributed by atoms with Gasteiger partial charge in [-0.3, -0.25) is 14.7 Å². The first kappa shape index (κ1) is 19.8. The number of nitrogens with zero attached hydrogens (tertiary/aromatic N) is 2. The zero-order chi connectivity index (χ0) is 21.5. The number of fused-ring (bicyclic) bond motifs is 2. The molecule has 1 aromatic heterocycles. The SMILES string of the molecule is O=C(c1ccc2[nH]c(=O)oc2c1)N1Cc2ccc(CN3CCC(CO)CC3)c(O)c2C1. The molecule has 0 bridgehead atoms. The number of hydrogen-bond acceptors (Lipinski definition) is 6. The van der Waals surface area contributed by atoms with Crippen molar-refractivity contribution in [3.63, 3.8) is 0 Å². The van der Waals surface area contributed by atoms with Crippen molar-refractivity contribution in [1.82, 2.24) is 14.8 Å². The van der Waals surface area contributed by atoms with Crippen LogP contribution in [0.4, 0.5) is 0 Å². The fraction of sp³-hybridized carbons (Fsp3) is 0.391. The summed E-state index contributed by atoms with van der Waals surface area (Å²) in [5.41, 5.74) is 3.95. The molecule has 3 heterocycles. The highest BCUT2D eigenvalue weighted by molar-refractivity contribution is 5.97. The van der Waals surface area contributed by atoms with E-state index >= 15 is 0 Å². The molecule has 31 heavy (non-hydrogen) atoms. The zero-order valence-electron chi connectivity index (χ0n) is 17.1. The van der Waals surface area contributed by atoms with Gasteiger partial charge in [-0.2, -0.15) is 0 Å². The minimum atomic E-state index is -0.550. The molecule has 2 aliphatic rings. The highest BCUT2D eigenvalue weighted by Gasteiger charge is 2.28. The topological polar surface area (TPSA) is 110 Å². The number of aliphatic hydroxyl groups excluding tert-OH is 1. The van der Waals surface area contributed by atoms with Gasteiger partial charge in [0.05, 0.1) is 12.1 Å². The molecule has 1 saturated heterocycles. The first-order chi connectivity index (χ1) is 15.0. The monoisotopic (exact) mass is 423 g/mol. The molecule has 0 atom stereocenters. The number of rotatable bonds is 4. The maximum Gasteiger partial charge on any atom is 0.417 e. The minimum absolute atomic E-state index is 0.172. The third-order valence-corrected chi connectivity index (χ3v) is 6.49. The van der Waals surface area contributed by atoms with Crippen LogP contribution in [0.2, 0.25) is 0 Å². The average Bonchev–Trinajstić information content (AvgIpc) is 3.38. The lowest BCUT2D eigenvalue weighted by Crippen LogP contribution is -2.34. The van der Waals surface area contributed by atoms with Crippen LogP contribution in [-0.4, -0.2) is 50.6 Å². The van der Waals surface area contributed by atoms with E-state index in [9.17, 15) is 19.8 Å². The van der Waals surface area contributed by atoms with Gasteiger partial charge < -0.3 is 19.5 Å². The average molecular weight is 423 g/mol. The molecular formula is C23H25N3O5. The van der Waals surface area contributed by atoms with E-state index in [1.165, 1.54) is 0 Å². The number of likely N-dealkylation sites (tertiary alicyclic amines) is 1. The molecule has 162 valence electrons. The standard InChI is InChI=1S/C23H25N3O5/c27-13-14-5-7-25(8-6-14)10-17-2-1-16-11-26(12-18(16)21(17)28)22(29)15-3-4-19-20(9-15)31-23(30)24-19/h1-4,9,14,27-28H,5-8,10-13H2,(H,24,30). The van der Waals surface area contributed by atoms with Crippen LogP contribution in [0.1, 0.15) is 39.9 Å². The van der Waals surface area contributed by atoms with Crippen molar-refractivity contribution in [2.45, 2.75) is 32.5 Å². The first-order valence-corrected chi connectivity index (χ1v) is 10.6. The Balaban J connectivity index is 1.31. The molecule has 0 saturated carbocycles. The van der Waals surface area contributed by atoms with Gasteiger partial charge >= 0.3 is 5.76 Å². The van der Waals surface area contributed by atoms with Gasteiger partial charge in [0.15, 0.2) is 5.58 Å². The Bertz CT molecular complexity index is 1190. The van der Waals surface area contributed by atoms with E-state index < -0.39 is 5.76 Å². The van der Waals surface area contributed by atoms with Crippen LogP contribution < -0.4 is 5.76 Å². The van der Waals surface area contributed by atoms with Crippen molar-refractivity contribution in [2.75, 3.05) is 19.7 Å². The smallest absolute Gasteiger partial charge is 0.417 e. The number of aromatic nitrogens is 1. The van der Waals surface area contributed by atoms with E-state index in [-0.39, 0.29) is 18.3 Å². The first-order valence-electron chi connectivity index (χ1n) is 10.6. The Morgan fingerprint density at radius 3 is 2.74 bits per heavy atom. The molecule has 3 N–H and O–H groups in total. The maximum atomic E-state index is 13.0. The molecule has 2 aromatic carbocycles. The van der Waals surface area contributed by atoms with Crippen molar-refractivity contribution in [3.05, 3.63) is 63.1 Å². The summed E-state index contributed by atoms with van der Waals surface area (Å²) in [5, 5.41) is 20.2. The van der Waals surface area contributed by atoms with Gasteiger partial charge in [-0.1, -0.05) is 12.1 Å². The summed E-state index contributed by atoms with van der Waals surface area (Å²) in [6, 6.07) is 8.83. The number of carbonyl (C=O) groups is 1. The van der Waals surface area contributed by atoms with Gasteiger partial charge in [0.2, 0.25) is 0 Å². The molecule has 3 aromatic rings. The lowest BCUT2D eigenvalue weighted by Gasteiger charge is -2.31. The van der Waals surface area contributed by atoms with Crippen LogP contribution in [0, 0.1) is 5.92 Å². The highest BCUT2D eigenvalue weighted by Crippen LogP contribution is 2.35. The van der Waals surface area contributed by atoms with Crippen molar-refractivity contribution in [1.29, 1.82) is 0 Å². The third-order valence-electron chi connectivity index (χ3n) is 6.49. The lowest BCUT2D eigenvalue weighted by atomic mass is 9.97. The second kappa shape index (κ2) is 7.86. The number of H-pyrrole nitrogens is 1. The molecule has 1 amide bonds. The second-order valence-electron chi connectivity index (χ2n) is 8.50. The number of piperidine rings is 1. The molecule has 8 heteroatoms. The summed E-state index contributed by atoms with van der Waals surface area (Å²) in [6.07, 6.45) is 1.94. The van der Waals surface area contributed by atoms with Crippen LogP contribution in [0.5, 0.6) is 5.75 Å². The Morgan fingerprint density at radius 1 is 1.16 bits per heavy atom. The van der Waals surface area contributed by atoms with E-state index in [1.807, 2.05) is 12.1 Å². The van der Waals surface area contributed by atoms with Gasteiger partial charge in [-0.25, -0.2) is 4.79 Å². The van der Waals surface area contributed by atoms with Crippen molar-refractivity contribution in [3.8, 4) is 5.75 Å². The largest absolute Gasteiger partial charge is 0.507 e. The number of aromatic amines is 1. The number of phenols is 1. The molecule has 0 spiro atoms. The van der Waals surface area contributed by atoms with Gasteiger partial charge in [-0.15, -0.1) is 0 Å². The van der Waals surface area contributed by atoms with E-state index in [1.54, 1.807) is 23.1 Å². The van der Waals surface area contributed by atoms with Gasteiger partial charge in [0.1, 0.15) is 5.75 Å². The van der Waals surface area contributed by atoms with Crippen LogP contribution >= 0.6 is 0 Å². The molecular weight excluding hydrogens is 398 g/mol. The van der Waals surface area contributed by atoms with E-state index in [4.69, 9.17) is 4.42 Å². The number of phenolic OH excluding ortho intramolecular Hbond substituents is 1. The van der Waals surface area contributed by atoms with Gasteiger partial charge in [0, 0.05) is 36.4 Å². The summed E-state index contributed by atoms with van der Waals surface area (Å²) in [4.78, 5) is 30.9. The fourth-order valence-corrected chi connectivity index (χ4v) is 4.60. The number of oxazole rings is 1. The van der Waals surface area contributed by atoms with Gasteiger partial charge in [-0.05, 0) is 55.6 Å². The lowest BCUT2D eigenvalue weighted by molar-refractivity contribution is 0.0751. The quantitative estimate of drug-likeness (QED) is 0.593. The van der Waals surface area contributed by atoms with Gasteiger partial charge in [0.25, 0.3) is 5.91 Å². The molecule has 5 rings (SSSR count). The number of benzene rings is 2. The molecule has 8 nitrogen and oxygen atoms in total. The van der Waals surface area contributed by atoms with E-state index in [0.717, 1.165) is 42.6 Å². The normalized spacial score (nSPS) is 17.4. The Labute approximate surface area is 178 Å². The predicted octanol–water partition coefficient (Wildman–Crippen LogP) is 2.19. The Kier molecular flexibility index (Phi) is 5.03. The maximum absolute atomic E-state index is 13.0. The summed E-state index contributed by atoms with van der Waals surface area (Å²) in [6.45, 7) is 3.49. The summed E-state index contributed by atoms with van der Waals surface area (Å²) in [5.74, 6) is -0.0766. The molecule has 0 radical (unpaired) electrons. The van der Waals surface area contributed by atoms with Crippen LogP contribution in [0.25, 0.3) is 11.1 Å². The number of carbonyl (C=O) groups excluding carboxylic acids is 1. The van der Waals surface area contributed by atoms with E-state index in [2.05, 4.69) is 9.88 Å². The van der Waals surface area contributed by atoms with Crippen molar-refractivity contribution >= 4 is 17.0 Å². The van der Waals surface area contributed by atoms with Crippen molar-refractivity contribution in [2.24, 2.45) is 5.92 Å². The predicted molar refractivity (Wildman–Crippen MR) is 114 cm³/mol. The number of amides is 1. The van der Waals surface area contributed by atoms with Crippen LogP contribution in [0.15, 0.2) is 39.5 Å². The Morgan fingerprint density at radius 2 is 1.97 bits per heavy atom. The van der Waals surface area contributed by atoms with Crippen molar-refractivity contribution < 1.29 is 19.4 Å². The van der Waals surface area contributed by atoms with E-state index in [0.29, 0.717) is 42.2 Å². The van der Waals surface area contributed by atoms with Crippen LogP contribution in [0.3, 0.4) is 0 Å². The zero-order valence-corrected chi connectivity index (χ0v) is 17.1. The number of aliphatic hydroxyl groups is 1. The van der Waals surface area contributed by atoms with Crippen LogP contribution in [-0.2, 0) is 19.6 Å². The third kappa shape index (κ3) is 3.73.